The lowest BCUT2D eigenvalue weighted by molar-refractivity contribution is -0.143. The number of carbonyl (C=O) groups excluding carboxylic acids is 1. The Hall–Kier alpha value is -2.11. The molecule has 1 amide bonds. The number of carbonyl (C=O) groups is 2. The van der Waals surface area contributed by atoms with E-state index in [0.717, 1.165) is 0 Å². The molecule has 6 nitrogen and oxygen atoms in total. The van der Waals surface area contributed by atoms with E-state index in [4.69, 9.17) is 10.8 Å². The molecule has 18 heavy (non-hydrogen) atoms. The minimum atomic E-state index is -0.860. The molecule has 2 heterocycles. The fourth-order valence-electron chi connectivity index (χ4n) is 2.11. The van der Waals surface area contributed by atoms with E-state index in [1.54, 1.807) is 12.1 Å². The first-order valence-electron chi connectivity index (χ1n) is 5.82. The van der Waals surface area contributed by atoms with Crippen LogP contribution < -0.4 is 5.73 Å². The molecule has 2 rings (SSSR count). The number of nitrogens with two attached hydrogens (primary N) is 1. The van der Waals surface area contributed by atoms with Crippen LogP contribution in [-0.4, -0.2) is 40.0 Å². The molecule has 3 N–H and O–H groups in total. The Labute approximate surface area is 104 Å². The van der Waals surface area contributed by atoms with Gasteiger partial charge in [0.1, 0.15) is 0 Å². The Balaban J connectivity index is 2.14. The molecule has 0 radical (unpaired) electrons. The van der Waals surface area contributed by atoms with Gasteiger partial charge in [0.05, 0.1) is 11.6 Å². The highest BCUT2D eigenvalue weighted by molar-refractivity contribution is 5.97. The maximum absolute atomic E-state index is 12.2. The van der Waals surface area contributed by atoms with Crippen molar-refractivity contribution in [2.45, 2.75) is 12.8 Å². The molecule has 0 spiro atoms. The van der Waals surface area contributed by atoms with Gasteiger partial charge in [-0.3, -0.25) is 9.59 Å². The molecule has 0 aliphatic carbocycles. The molecule has 0 bridgehead atoms. The fourth-order valence-corrected chi connectivity index (χ4v) is 2.11. The molecule has 96 valence electrons. The van der Waals surface area contributed by atoms with Crippen molar-refractivity contribution in [3.8, 4) is 0 Å². The van der Waals surface area contributed by atoms with Crippen molar-refractivity contribution in [3.63, 3.8) is 0 Å². The summed E-state index contributed by atoms with van der Waals surface area (Å²) in [4.78, 5) is 28.6. The van der Waals surface area contributed by atoms with Gasteiger partial charge in [0.2, 0.25) is 0 Å². The molecule has 1 saturated heterocycles. The molecule has 0 aromatic carbocycles. The van der Waals surface area contributed by atoms with E-state index >= 15 is 0 Å². The number of carboxylic acids is 1. The van der Waals surface area contributed by atoms with Crippen LogP contribution in [0.25, 0.3) is 0 Å². The topological polar surface area (TPSA) is 96.5 Å². The van der Waals surface area contributed by atoms with E-state index in [0.29, 0.717) is 25.1 Å². The third kappa shape index (κ3) is 2.42. The summed E-state index contributed by atoms with van der Waals surface area (Å²) in [6.45, 7) is 0.781. The molecule has 6 heteroatoms. The number of carboxylic acid groups (broad SMARTS) is 1. The summed E-state index contributed by atoms with van der Waals surface area (Å²) < 4.78 is 0. The zero-order valence-corrected chi connectivity index (χ0v) is 9.87. The summed E-state index contributed by atoms with van der Waals surface area (Å²) in [7, 11) is 0. The monoisotopic (exact) mass is 249 g/mol. The van der Waals surface area contributed by atoms with E-state index in [1.807, 2.05) is 0 Å². The van der Waals surface area contributed by atoms with Gasteiger partial charge in [-0.25, -0.2) is 4.98 Å². The number of nitrogens with zero attached hydrogens (tertiary/aromatic N) is 2. The zero-order valence-electron chi connectivity index (χ0n) is 9.87. The second-order valence-corrected chi connectivity index (χ2v) is 4.37. The summed E-state index contributed by atoms with van der Waals surface area (Å²) in [5.74, 6) is -1.65. The number of aromatic nitrogens is 1. The normalized spacial score (nSPS) is 19.6. The van der Waals surface area contributed by atoms with Gasteiger partial charge in [0.15, 0.2) is 5.69 Å². The van der Waals surface area contributed by atoms with Crippen LogP contribution in [0.3, 0.4) is 0 Å². The Morgan fingerprint density at radius 2 is 2.28 bits per heavy atom. The minimum Gasteiger partial charge on any atom is -0.481 e. The van der Waals surface area contributed by atoms with Crippen molar-refractivity contribution in [3.05, 3.63) is 24.0 Å². The average Bonchev–Trinajstić information content (AvgIpc) is 2.38. The van der Waals surface area contributed by atoms with E-state index in [-0.39, 0.29) is 18.1 Å². The predicted octanol–water partition coefficient (Wildman–Crippen LogP) is 0.601. The summed E-state index contributed by atoms with van der Waals surface area (Å²) in [6.07, 6.45) is 2.80. The Morgan fingerprint density at radius 3 is 2.94 bits per heavy atom. The smallest absolute Gasteiger partial charge is 0.308 e. The van der Waals surface area contributed by atoms with Crippen molar-refractivity contribution in [2.75, 3.05) is 18.8 Å². The molecule has 1 unspecified atom stereocenters. The van der Waals surface area contributed by atoms with Gasteiger partial charge in [-0.15, -0.1) is 0 Å². The van der Waals surface area contributed by atoms with Gasteiger partial charge in [-0.2, -0.15) is 0 Å². The largest absolute Gasteiger partial charge is 0.481 e. The van der Waals surface area contributed by atoms with E-state index in [9.17, 15) is 9.59 Å². The highest BCUT2D eigenvalue weighted by Crippen LogP contribution is 2.19. The Kier molecular flexibility index (Phi) is 3.45. The lowest BCUT2D eigenvalue weighted by Crippen LogP contribution is -2.42. The molecule has 1 fully saturated rings. The van der Waals surface area contributed by atoms with Gasteiger partial charge < -0.3 is 15.7 Å². The van der Waals surface area contributed by atoms with Gasteiger partial charge in [-0.1, -0.05) is 0 Å². The maximum atomic E-state index is 12.2. The van der Waals surface area contributed by atoms with E-state index < -0.39 is 11.9 Å². The van der Waals surface area contributed by atoms with Gasteiger partial charge in [0, 0.05) is 19.3 Å². The number of aliphatic carboxylic acids is 1. The van der Waals surface area contributed by atoms with Crippen LogP contribution in [0.15, 0.2) is 18.3 Å². The number of nitrogen functional groups attached to an aromatic ring is 1. The molecule has 1 aromatic rings. The number of pyridine rings is 1. The third-order valence-electron chi connectivity index (χ3n) is 3.10. The fraction of sp³-hybridized carbons (Fsp3) is 0.417. The van der Waals surface area contributed by atoms with Crippen LogP contribution in [0.5, 0.6) is 0 Å². The second kappa shape index (κ2) is 5.03. The Morgan fingerprint density at radius 1 is 1.50 bits per heavy atom. The number of hydrogen-bond acceptors (Lipinski definition) is 4. The van der Waals surface area contributed by atoms with Crippen molar-refractivity contribution < 1.29 is 14.7 Å². The predicted molar refractivity (Wildman–Crippen MR) is 64.9 cm³/mol. The zero-order chi connectivity index (χ0) is 13.1. The highest BCUT2D eigenvalue weighted by Gasteiger charge is 2.29. The number of rotatable bonds is 2. The van der Waals surface area contributed by atoms with Crippen LogP contribution in [0.4, 0.5) is 5.69 Å². The van der Waals surface area contributed by atoms with Gasteiger partial charge in [-0.05, 0) is 25.0 Å². The van der Waals surface area contributed by atoms with Crippen molar-refractivity contribution >= 4 is 17.6 Å². The van der Waals surface area contributed by atoms with E-state index in [2.05, 4.69) is 4.98 Å². The van der Waals surface area contributed by atoms with Crippen LogP contribution in [0.2, 0.25) is 0 Å². The minimum absolute atomic E-state index is 0.198. The van der Waals surface area contributed by atoms with E-state index in [1.165, 1.54) is 11.1 Å². The molecule has 1 aliphatic heterocycles. The van der Waals surface area contributed by atoms with Crippen LogP contribution in [0.1, 0.15) is 23.3 Å². The van der Waals surface area contributed by atoms with Crippen LogP contribution in [-0.2, 0) is 4.79 Å². The summed E-state index contributed by atoms with van der Waals surface area (Å²) in [6, 6.07) is 3.27. The number of anilines is 1. The lowest BCUT2D eigenvalue weighted by Gasteiger charge is -2.30. The van der Waals surface area contributed by atoms with Crippen LogP contribution >= 0.6 is 0 Å². The van der Waals surface area contributed by atoms with Crippen molar-refractivity contribution in [2.24, 2.45) is 5.92 Å². The van der Waals surface area contributed by atoms with Gasteiger partial charge >= 0.3 is 5.97 Å². The number of hydrogen-bond donors (Lipinski definition) is 2. The molecular formula is C12H15N3O3. The van der Waals surface area contributed by atoms with Crippen molar-refractivity contribution in [1.82, 2.24) is 9.88 Å². The van der Waals surface area contributed by atoms with Crippen molar-refractivity contribution in [1.29, 1.82) is 0 Å². The van der Waals surface area contributed by atoms with Gasteiger partial charge in [0.25, 0.3) is 5.91 Å². The summed E-state index contributed by atoms with van der Waals surface area (Å²) in [5, 5.41) is 8.98. The molecule has 1 atom stereocenters. The standard InChI is InChI=1S/C12H15N3O3/c13-9-4-1-5-14-10(9)11(16)15-6-2-3-8(7-15)12(17)18/h1,4-5,8H,2-3,6-7,13H2,(H,17,18). The molecular weight excluding hydrogens is 234 g/mol. The number of likely N-dealkylation sites (tertiary alicyclic amines) is 1. The number of amides is 1. The SMILES string of the molecule is Nc1cccnc1C(=O)N1CCCC(C(=O)O)C1. The molecule has 1 aromatic heterocycles. The Bertz CT molecular complexity index is 475. The third-order valence-corrected chi connectivity index (χ3v) is 3.10. The first kappa shape index (κ1) is 12.3. The number of piperidine rings is 1. The summed E-state index contributed by atoms with van der Waals surface area (Å²) >= 11 is 0. The average molecular weight is 249 g/mol. The molecule has 0 saturated carbocycles. The van der Waals surface area contributed by atoms with Crippen LogP contribution in [0, 0.1) is 5.92 Å². The molecule has 1 aliphatic rings. The summed E-state index contributed by atoms with van der Waals surface area (Å²) in [5.41, 5.74) is 6.21. The quantitative estimate of drug-likeness (QED) is 0.800. The first-order chi connectivity index (χ1) is 8.59. The second-order valence-electron chi connectivity index (χ2n) is 4.37. The highest BCUT2D eigenvalue weighted by atomic mass is 16.4. The first-order valence-corrected chi connectivity index (χ1v) is 5.82. The maximum Gasteiger partial charge on any atom is 0.308 e. The lowest BCUT2D eigenvalue weighted by atomic mass is 9.98.